The molecule has 1 aromatic rings. The van der Waals surface area contributed by atoms with Crippen molar-refractivity contribution in [3.63, 3.8) is 0 Å². The van der Waals surface area contributed by atoms with E-state index < -0.39 is 0 Å². The van der Waals surface area contributed by atoms with Gasteiger partial charge in [0.2, 0.25) is 11.0 Å². The quantitative estimate of drug-likeness (QED) is 0.470. The first kappa shape index (κ1) is 15.3. The zero-order valence-electron chi connectivity index (χ0n) is 10.7. The van der Waals surface area contributed by atoms with Gasteiger partial charge in [-0.25, -0.2) is 0 Å². The lowest BCUT2D eigenvalue weighted by Crippen LogP contribution is -2.27. The minimum Gasteiger partial charge on any atom is -0.332 e. The number of aromatic nitrogens is 2. The second kappa shape index (κ2) is 7.65. The van der Waals surface area contributed by atoms with E-state index in [1.807, 2.05) is 0 Å². The normalized spacial score (nSPS) is 14.6. The molecule has 0 spiro atoms. The monoisotopic (exact) mass is 330 g/mol. The molecule has 6 nitrogen and oxygen atoms in total. The summed E-state index contributed by atoms with van der Waals surface area (Å²) < 4.78 is 0.798. The van der Waals surface area contributed by atoms with Crippen molar-refractivity contribution in [2.24, 2.45) is 0 Å². The maximum Gasteiger partial charge on any atom is 0.281 e. The van der Waals surface area contributed by atoms with E-state index in [9.17, 15) is 9.59 Å². The fourth-order valence-corrected chi connectivity index (χ4v) is 3.88. The SMILES string of the molecule is C=CCSc1nnc(NC(=O)CCN2CCSC2=O)s1. The van der Waals surface area contributed by atoms with Gasteiger partial charge in [-0.15, -0.1) is 16.8 Å². The minimum atomic E-state index is -0.147. The third-order valence-electron chi connectivity index (χ3n) is 2.43. The second-order valence-electron chi connectivity index (χ2n) is 3.87. The lowest BCUT2D eigenvalue weighted by atomic mass is 10.4. The van der Waals surface area contributed by atoms with E-state index in [0.717, 1.165) is 22.4 Å². The number of hydrogen-bond acceptors (Lipinski definition) is 7. The molecule has 1 aromatic heterocycles. The molecule has 0 bridgehead atoms. The van der Waals surface area contributed by atoms with Crippen LogP contribution < -0.4 is 5.32 Å². The molecular formula is C11H14N4O2S3. The number of nitrogens with zero attached hydrogens (tertiary/aromatic N) is 3. The predicted molar refractivity (Wildman–Crippen MR) is 83.5 cm³/mol. The topological polar surface area (TPSA) is 75.2 Å². The summed E-state index contributed by atoms with van der Waals surface area (Å²) in [6, 6.07) is 0. The molecule has 0 atom stereocenters. The molecule has 1 aliphatic rings. The molecule has 2 amide bonds. The van der Waals surface area contributed by atoms with Crippen LogP contribution >= 0.6 is 34.9 Å². The average molecular weight is 330 g/mol. The lowest BCUT2D eigenvalue weighted by Gasteiger charge is -2.13. The van der Waals surface area contributed by atoms with Gasteiger partial charge in [-0.1, -0.05) is 40.9 Å². The Bertz CT molecular complexity index is 506. The Morgan fingerprint density at radius 2 is 2.40 bits per heavy atom. The van der Waals surface area contributed by atoms with Gasteiger partial charge in [-0.05, 0) is 0 Å². The Kier molecular flexibility index (Phi) is 5.86. The van der Waals surface area contributed by atoms with Crippen LogP contribution in [0.3, 0.4) is 0 Å². The van der Waals surface area contributed by atoms with E-state index in [4.69, 9.17) is 0 Å². The number of rotatable bonds is 7. The van der Waals surface area contributed by atoms with Crippen LogP contribution in [0.5, 0.6) is 0 Å². The van der Waals surface area contributed by atoms with Gasteiger partial charge in [-0.2, -0.15) is 0 Å². The molecule has 0 saturated carbocycles. The first-order chi connectivity index (χ1) is 9.69. The zero-order chi connectivity index (χ0) is 14.4. The molecule has 108 valence electrons. The Balaban J connectivity index is 1.74. The molecular weight excluding hydrogens is 316 g/mol. The summed E-state index contributed by atoms with van der Waals surface area (Å²) >= 11 is 4.15. The van der Waals surface area contributed by atoms with E-state index >= 15 is 0 Å². The van der Waals surface area contributed by atoms with Crippen LogP contribution in [0.25, 0.3) is 0 Å². The summed E-state index contributed by atoms with van der Waals surface area (Å²) in [5.74, 6) is 1.42. The second-order valence-corrected chi connectivity index (χ2v) is 7.16. The third-order valence-corrected chi connectivity index (χ3v) is 5.29. The number of hydrogen-bond donors (Lipinski definition) is 1. The van der Waals surface area contributed by atoms with Crippen LogP contribution in [-0.2, 0) is 4.79 Å². The maximum absolute atomic E-state index is 11.8. The third kappa shape index (κ3) is 4.50. The average Bonchev–Trinajstić information content (AvgIpc) is 3.03. The van der Waals surface area contributed by atoms with Crippen molar-refractivity contribution >= 4 is 51.1 Å². The Hall–Kier alpha value is -1.06. The van der Waals surface area contributed by atoms with Gasteiger partial charge in [0.05, 0.1) is 0 Å². The van der Waals surface area contributed by atoms with E-state index in [2.05, 4.69) is 22.1 Å². The molecule has 1 saturated heterocycles. The fraction of sp³-hybridized carbons (Fsp3) is 0.455. The predicted octanol–water partition coefficient (Wildman–Crippen LogP) is 2.31. The van der Waals surface area contributed by atoms with Crippen molar-refractivity contribution in [2.45, 2.75) is 10.8 Å². The Morgan fingerprint density at radius 3 is 3.10 bits per heavy atom. The number of anilines is 1. The van der Waals surface area contributed by atoms with Gasteiger partial charge in [0.25, 0.3) is 5.24 Å². The van der Waals surface area contributed by atoms with E-state index in [0.29, 0.717) is 11.7 Å². The van der Waals surface area contributed by atoms with Crippen LogP contribution in [0.2, 0.25) is 0 Å². The summed E-state index contributed by atoms with van der Waals surface area (Å²) in [6.45, 7) is 4.80. The number of amides is 2. The van der Waals surface area contributed by atoms with Crippen molar-refractivity contribution in [2.75, 3.05) is 29.9 Å². The van der Waals surface area contributed by atoms with Gasteiger partial charge in [0, 0.05) is 31.0 Å². The van der Waals surface area contributed by atoms with Gasteiger partial charge >= 0.3 is 0 Å². The summed E-state index contributed by atoms with van der Waals surface area (Å²) in [6.07, 6.45) is 2.07. The van der Waals surface area contributed by atoms with E-state index in [1.165, 1.54) is 34.9 Å². The molecule has 2 rings (SSSR count). The smallest absolute Gasteiger partial charge is 0.281 e. The van der Waals surface area contributed by atoms with Crippen molar-refractivity contribution in [1.82, 2.24) is 15.1 Å². The minimum absolute atomic E-state index is 0.0526. The van der Waals surface area contributed by atoms with Crippen LogP contribution in [0, 0.1) is 0 Å². The fourth-order valence-electron chi connectivity index (χ4n) is 1.50. The first-order valence-electron chi connectivity index (χ1n) is 5.98. The number of carbonyl (C=O) groups excluding carboxylic acids is 2. The van der Waals surface area contributed by atoms with Crippen LogP contribution in [0.4, 0.5) is 9.93 Å². The Labute approximate surface area is 129 Å². The first-order valence-corrected chi connectivity index (χ1v) is 8.76. The lowest BCUT2D eigenvalue weighted by molar-refractivity contribution is -0.116. The van der Waals surface area contributed by atoms with Gasteiger partial charge in [0.15, 0.2) is 4.34 Å². The zero-order valence-corrected chi connectivity index (χ0v) is 13.2. The van der Waals surface area contributed by atoms with Crippen molar-refractivity contribution < 1.29 is 9.59 Å². The molecule has 1 aliphatic heterocycles. The maximum atomic E-state index is 11.8. The Morgan fingerprint density at radius 1 is 1.55 bits per heavy atom. The molecule has 2 heterocycles. The molecule has 0 unspecified atom stereocenters. The molecule has 1 fully saturated rings. The van der Waals surface area contributed by atoms with Gasteiger partial charge in [-0.3, -0.25) is 9.59 Å². The van der Waals surface area contributed by atoms with Crippen molar-refractivity contribution in [3.05, 3.63) is 12.7 Å². The summed E-state index contributed by atoms with van der Waals surface area (Å²) in [5, 5.41) is 11.1. The number of nitrogens with one attached hydrogen (secondary N) is 1. The largest absolute Gasteiger partial charge is 0.332 e. The summed E-state index contributed by atoms with van der Waals surface area (Å²) in [5.41, 5.74) is 0. The summed E-state index contributed by atoms with van der Waals surface area (Å²) in [7, 11) is 0. The molecule has 0 aromatic carbocycles. The van der Waals surface area contributed by atoms with Gasteiger partial charge < -0.3 is 10.2 Å². The standard InChI is InChI=1S/C11H14N4O2S3/c1-2-6-18-10-14-13-9(20-10)12-8(16)3-4-15-5-7-19-11(15)17/h2H,1,3-7H2,(H,12,13,16). The van der Waals surface area contributed by atoms with Gasteiger partial charge in [0.1, 0.15) is 0 Å². The van der Waals surface area contributed by atoms with Crippen molar-refractivity contribution in [1.29, 1.82) is 0 Å². The molecule has 1 N–H and O–H groups in total. The van der Waals surface area contributed by atoms with Crippen LogP contribution in [-0.4, -0.2) is 50.8 Å². The molecule has 0 radical (unpaired) electrons. The van der Waals surface area contributed by atoms with E-state index in [-0.39, 0.29) is 17.6 Å². The van der Waals surface area contributed by atoms with Crippen LogP contribution in [0.1, 0.15) is 6.42 Å². The highest BCUT2D eigenvalue weighted by molar-refractivity contribution is 8.13. The highest BCUT2D eigenvalue weighted by atomic mass is 32.2. The van der Waals surface area contributed by atoms with Crippen molar-refractivity contribution in [3.8, 4) is 0 Å². The van der Waals surface area contributed by atoms with E-state index in [1.54, 1.807) is 11.0 Å². The number of carbonyl (C=O) groups is 2. The van der Waals surface area contributed by atoms with Crippen LogP contribution in [0.15, 0.2) is 17.0 Å². The summed E-state index contributed by atoms with van der Waals surface area (Å²) in [4.78, 5) is 24.8. The highest BCUT2D eigenvalue weighted by Crippen LogP contribution is 2.25. The molecule has 20 heavy (non-hydrogen) atoms. The molecule has 9 heteroatoms. The molecule has 0 aliphatic carbocycles. The number of thioether (sulfide) groups is 2. The highest BCUT2D eigenvalue weighted by Gasteiger charge is 2.21.